The highest BCUT2D eigenvalue weighted by atomic mass is 16.5. The van der Waals surface area contributed by atoms with E-state index in [9.17, 15) is 0 Å². The third kappa shape index (κ3) is 3.32. The normalized spacial score (nSPS) is 17.5. The van der Waals surface area contributed by atoms with Gasteiger partial charge < -0.3 is 9.26 Å². The van der Waals surface area contributed by atoms with Crippen molar-refractivity contribution in [3.05, 3.63) is 28.7 Å². The molecule has 1 fully saturated rings. The zero-order valence-electron chi connectivity index (χ0n) is 14.3. The number of H-pyrrole nitrogens is 1. The molecule has 3 rings (SSSR count). The molecule has 0 radical (unpaired) electrons. The van der Waals surface area contributed by atoms with E-state index < -0.39 is 0 Å². The Morgan fingerprint density at radius 2 is 1.96 bits per heavy atom. The minimum absolute atomic E-state index is 0.0593. The van der Waals surface area contributed by atoms with Gasteiger partial charge in [-0.3, -0.25) is 5.10 Å². The van der Waals surface area contributed by atoms with Crippen molar-refractivity contribution in [2.75, 3.05) is 13.7 Å². The largest absolute Gasteiger partial charge is 0.384 e. The second-order valence-corrected chi connectivity index (χ2v) is 6.70. The van der Waals surface area contributed by atoms with Crippen molar-refractivity contribution < 1.29 is 9.26 Å². The number of aromatic amines is 1. The van der Waals surface area contributed by atoms with Crippen LogP contribution in [0, 0.1) is 13.8 Å². The molecule has 1 aliphatic rings. The second-order valence-electron chi connectivity index (χ2n) is 6.70. The van der Waals surface area contributed by atoms with Gasteiger partial charge in [0.05, 0.1) is 17.7 Å². The summed E-state index contributed by atoms with van der Waals surface area (Å²) < 4.78 is 11.0. The van der Waals surface area contributed by atoms with Crippen LogP contribution in [-0.4, -0.2) is 34.1 Å². The van der Waals surface area contributed by atoms with Crippen molar-refractivity contribution in [2.45, 2.75) is 64.2 Å². The Morgan fingerprint density at radius 1 is 1.17 bits per heavy atom. The van der Waals surface area contributed by atoms with E-state index in [1.807, 2.05) is 13.8 Å². The van der Waals surface area contributed by atoms with Gasteiger partial charge in [0.1, 0.15) is 0 Å². The molecule has 2 heterocycles. The van der Waals surface area contributed by atoms with E-state index in [2.05, 4.69) is 15.4 Å². The number of rotatable bonds is 6. The Kier molecular flexibility index (Phi) is 4.80. The fourth-order valence-electron chi connectivity index (χ4n) is 3.68. The van der Waals surface area contributed by atoms with Gasteiger partial charge in [0, 0.05) is 19.2 Å². The summed E-state index contributed by atoms with van der Waals surface area (Å²) in [6.07, 6.45) is 7.49. The predicted octanol–water partition coefficient (Wildman–Crippen LogP) is 3.04. The first-order chi connectivity index (χ1) is 11.1. The van der Waals surface area contributed by atoms with Crippen LogP contribution in [0.1, 0.15) is 60.8 Å². The van der Waals surface area contributed by atoms with Gasteiger partial charge in [0.15, 0.2) is 5.82 Å². The minimum Gasteiger partial charge on any atom is -0.384 e. The Hall–Kier alpha value is -1.69. The molecule has 0 atom stereocenters. The topological polar surface area (TPSA) is 76.8 Å². The van der Waals surface area contributed by atoms with Crippen LogP contribution in [0.5, 0.6) is 0 Å². The Balaban J connectivity index is 1.71. The van der Waals surface area contributed by atoms with Crippen molar-refractivity contribution in [2.24, 2.45) is 0 Å². The first kappa shape index (κ1) is 16.2. The lowest BCUT2D eigenvalue weighted by molar-refractivity contribution is 0.0961. The second kappa shape index (κ2) is 6.83. The molecule has 0 aliphatic heterocycles. The lowest BCUT2D eigenvalue weighted by atomic mass is 9.74. The smallest absolute Gasteiger partial charge is 0.226 e. The monoisotopic (exact) mass is 318 g/mol. The summed E-state index contributed by atoms with van der Waals surface area (Å²) >= 11 is 0. The zero-order chi connectivity index (χ0) is 16.3. The van der Waals surface area contributed by atoms with Gasteiger partial charge in [-0.25, -0.2) is 0 Å². The molecular formula is C17H26N4O2. The summed E-state index contributed by atoms with van der Waals surface area (Å²) in [6.45, 7) is 4.74. The van der Waals surface area contributed by atoms with E-state index in [-0.39, 0.29) is 5.41 Å². The van der Waals surface area contributed by atoms with E-state index in [1.165, 1.54) is 24.8 Å². The van der Waals surface area contributed by atoms with E-state index in [4.69, 9.17) is 14.2 Å². The van der Waals surface area contributed by atoms with E-state index in [0.717, 1.165) is 42.9 Å². The van der Waals surface area contributed by atoms with Gasteiger partial charge >= 0.3 is 0 Å². The standard InChI is InChI=1S/C17H26N4O2/c1-12-14(13(2)20-19-12)7-8-15-18-16(21-23-15)17(11-22-3)9-5-4-6-10-17/h4-11H2,1-3H3,(H,19,20). The molecule has 0 spiro atoms. The van der Waals surface area contributed by atoms with Gasteiger partial charge in [-0.1, -0.05) is 24.4 Å². The number of hydrogen-bond donors (Lipinski definition) is 1. The molecule has 0 saturated heterocycles. The van der Waals surface area contributed by atoms with Crippen LogP contribution in [0.15, 0.2) is 4.52 Å². The molecule has 23 heavy (non-hydrogen) atoms. The van der Waals surface area contributed by atoms with E-state index in [0.29, 0.717) is 12.5 Å². The Bertz CT molecular complexity index is 616. The van der Waals surface area contributed by atoms with Crippen LogP contribution < -0.4 is 0 Å². The molecule has 0 aromatic carbocycles. The number of ether oxygens (including phenoxy) is 1. The van der Waals surface area contributed by atoms with Gasteiger partial charge in [0.25, 0.3) is 0 Å². The fourth-order valence-corrected chi connectivity index (χ4v) is 3.68. The lowest BCUT2D eigenvalue weighted by Gasteiger charge is -2.33. The summed E-state index contributed by atoms with van der Waals surface area (Å²) in [5.74, 6) is 1.54. The number of hydrogen-bond acceptors (Lipinski definition) is 5. The van der Waals surface area contributed by atoms with Crippen molar-refractivity contribution in [3.63, 3.8) is 0 Å². The molecule has 2 aromatic rings. The quantitative estimate of drug-likeness (QED) is 0.886. The first-order valence-electron chi connectivity index (χ1n) is 8.47. The highest BCUT2D eigenvalue weighted by Gasteiger charge is 2.38. The van der Waals surface area contributed by atoms with Crippen molar-refractivity contribution in [3.8, 4) is 0 Å². The first-order valence-corrected chi connectivity index (χ1v) is 8.47. The van der Waals surface area contributed by atoms with Crippen molar-refractivity contribution in [1.82, 2.24) is 20.3 Å². The molecule has 0 unspecified atom stereocenters. The Labute approximate surface area is 137 Å². The number of aromatic nitrogens is 4. The molecule has 2 aromatic heterocycles. The summed E-state index contributed by atoms with van der Waals surface area (Å²) in [6, 6.07) is 0. The molecule has 1 N–H and O–H groups in total. The van der Waals surface area contributed by atoms with Crippen LogP contribution in [0.2, 0.25) is 0 Å². The van der Waals surface area contributed by atoms with Crippen molar-refractivity contribution >= 4 is 0 Å². The van der Waals surface area contributed by atoms with Gasteiger partial charge in [0.2, 0.25) is 5.89 Å². The van der Waals surface area contributed by atoms with Crippen LogP contribution in [0.4, 0.5) is 0 Å². The van der Waals surface area contributed by atoms with E-state index >= 15 is 0 Å². The molecule has 1 aliphatic carbocycles. The third-order valence-corrected chi connectivity index (χ3v) is 5.04. The number of aryl methyl sites for hydroxylation is 3. The lowest BCUT2D eigenvalue weighted by Crippen LogP contribution is -2.35. The SMILES string of the molecule is COCC1(c2noc(CCc3c(C)n[nH]c3C)n2)CCCCC1. The molecule has 126 valence electrons. The fraction of sp³-hybridized carbons (Fsp3) is 0.706. The Morgan fingerprint density at radius 3 is 2.61 bits per heavy atom. The average molecular weight is 318 g/mol. The van der Waals surface area contributed by atoms with Gasteiger partial charge in [-0.2, -0.15) is 10.1 Å². The van der Waals surface area contributed by atoms with Crippen LogP contribution in [0.3, 0.4) is 0 Å². The highest BCUT2D eigenvalue weighted by molar-refractivity contribution is 5.23. The summed E-state index contributed by atoms with van der Waals surface area (Å²) in [4.78, 5) is 4.70. The molecule has 0 amide bonds. The summed E-state index contributed by atoms with van der Waals surface area (Å²) in [5.41, 5.74) is 3.35. The summed E-state index contributed by atoms with van der Waals surface area (Å²) in [5, 5.41) is 11.5. The summed E-state index contributed by atoms with van der Waals surface area (Å²) in [7, 11) is 1.75. The van der Waals surface area contributed by atoms with Crippen molar-refractivity contribution in [1.29, 1.82) is 0 Å². The maximum absolute atomic E-state index is 5.52. The maximum Gasteiger partial charge on any atom is 0.226 e. The number of nitrogens with zero attached hydrogens (tertiary/aromatic N) is 3. The number of nitrogens with one attached hydrogen (secondary N) is 1. The van der Waals surface area contributed by atoms with Crippen LogP contribution in [0.25, 0.3) is 0 Å². The minimum atomic E-state index is -0.0593. The molecule has 6 heteroatoms. The molecule has 6 nitrogen and oxygen atoms in total. The van der Waals surface area contributed by atoms with Gasteiger partial charge in [-0.05, 0) is 38.7 Å². The van der Waals surface area contributed by atoms with Crippen LogP contribution >= 0.6 is 0 Å². The maximum atomic E-state index is 5.52. The molecule has 1 saturated carbocycles. The average Bonchev–Trinajstić information content (AvgIpc) is 3.15. The number of methoxy groups -OCH3 is 1. The highest BCUT2D eigenvalue weighted by Crippen LogP contribution is 2.38. The zero-order valence-corrected chi connectivity index (χ0v) is 14.3. The predicted molar refractivity (Wildman–Crippen MR) is 86.4 cm³/mol. The van der Waals surface area contributed by atoms with Crippen LogP contribution in [-0.2, 0) is 23.0 Å². The molecule has 0 bridgehead atoms. The van der Waals surface area contributed by atoms with Gasteiger partial charge in [-0.15, -0.1) is 0 Å². The van der Waals surface area contributed by atoms with E-state index in [1.54, 1.807) is 7.11 Å². The molecular weight excluding hydrogens is 292 g/mol. The third-order valence-electron chi connectivity index (χ3n) is 5.04.